The maximum absolute atomic E-state index is 12.7. The van der Waals surface area contributed by atoms with Crippen molar-refractivity contribution in [3.63, 3.8) is 0 Å². The molecule has 0 unspecified atom stereocenters. The van der Waals surface area contributed by atoms with E-state index in [9.17, 15) is 9.59 Å². The number of nitrogens with one attached hydrogen (secondary N) is 1. The van der Waals surface area contributed by atoms with Gasteiger partial charge in [0.2, 0.25) is 11.9 Å². The number of carbonyl (C=O) groups is 2. The lowest BCUT2D eigenvalue weighted by Gasteiger charge is -2.18. The summed E-state index contributed by atoms with van der Waals surface area (Å²) in [5.41, 5.74) is 6.75. The molecule has 1 aromatic heterocycles. The Morgan fingerprint density at radius 2 is 1.93 bits per heavy atom. The molecule has 0 bridgehead atoms. The number of esters is 1. The van der Waals surface area contributed by atoms with Gasteiger partial charge in [0.1, 0.15) is 19.0 Å². The fraction of sp³-hybridized carbons (Fsp3) is 0.158. The van der Waals surface area contributed by atoms with Gasteiger partial charge in [-0.1, -0.05) is 6.07 Å². The zero-order chi connectivity index (χ0) is 20.4. The van der Waals surface area contributed by atoms with Crippen LogP contribution in [-0.2, 0) is 4.79 Å². The molecule has 1 aliphatic heterocycles. The van der Waals surface area contributed by atoms with Crippen molar-refractivity contribution in [1.29, 1.82) is 0 Å². The van der Waals surface area contributed by atoms with Gasteiger partial charge in [-0.15, -0.1) is 5.10 Å². The van der Waals surface area contributed by atoms with Crippen LogP contribution in [0.1, 0.15) is 17.3 Å². The molecule has 4 rings (SSSR count). The van der Waals surface area contributed by atoms with Crippen molar-refractivity contribution in [3.05, 3.63) is 48.0 Å². The summed E-state index contributed by atoms with van der Waals surface area (Å²) in [4.78, 5) is 27.9. The number of anilines is 3. The summed E-state index contributed by atoms with van der Waals surface area (Å²) in [6.07, 6.45) is 0. The second kappa shape index (κ2) is 7.50. The van der Waals surface area contributed by atoms with E-state index in [0.29, 0.717) is 30.4 Å². The number of nitrogens with zero attached hydrogens (tertiary/aromatic N) is 3. The number of fused-ring (bicyclic) bond motifs is 1. The van der Waals surface area contributed by atoms with E-state index in [1.165, 1.54) is 13.0 Å². The van der Waals surface area contributed by atoms with Gasteiger partial charge in [0.25, 0.3) is 5.91 Å². The van der Waals surface area contributed by atoms with Crippen LogP contribution < -0.4 is 25.3 Å². The van der Waals surface area contributed by atoms with Crippen molar-refractivity contribution < 1.29 is 23.8 Å². The van der Waals surface area contributed by atoms with E-state index in [-0.39, 0.29) is 23.2 Å². The molecule has 0 aliphatic carbocycles. The fourth-order valence-electron chi connectivity index (χ4n) is 2.76. The van der Waals surface area contributed by atoms with Crippen LogP contribution in [0.5, 0.6) is 17.2 Å². The van der Waals surface area contributed by atoms with Crippen LogP contribution in [-0.4, -0.2) is 39.9 Å². The second-order valence-electron chi connectivity index (χ2n) is 6.12. The Labute approximate surface area is 165 Å². The first-order chi connectivity index (χ1) is 14.0. The average molecular weight is 395 g/mol. The van der Waals surface area contributed by atoms with Gasteiger partial charge in [-0.25, -0.2) is 0 Å². The SMILES string of the molecule is CC(=O)Oc1cccc(C(=O)n2nc(Nc3ccc4c(c3)OCCO4)nc2N)c1. The summed E-state index contributed by atoms with van der Waals surface area (Å²) in [5, 5.41) is 7.10. The van der Waals surface area contributed by atoms with Crippen LogP contribution in [0.4, 0.5) is 17.6 Å². The van der Waals surface area contributed by atoms with Gasteiger partial charge in [-0.2, -0.15) is 9.67 Å². The summed E-state index contributed by atoms with van der Waals surface area (Å²) in [6, 6.07) is 11.4. The Balaban J connectivity index is 1.55. The Hall–Kier alpha value is -4.08. The largest absolute Gasteiger partial charge is 0.486 e. The van der Waals surface area contributed by atoms with Crippen molar-refractivity contribution in [2.75, 3.05) is 24.3 Å². The zero-order valence-corrected chi connectivity index (χ0v) is 15.4. The standard InChI is InChI=1S/C19H17N5O5/c1-11(25)29-14-4-2-3-12(9-14)17(26)24-18(20)22-19(23-24)21-13-5-6-15-16(10-13)28-8-7-27-15/h2-6,9-10H,7-8H2,1H3,(H3,20,21,22,23). The lowest BCUT2D eigenvalue weighted by Crippen LogP contribution is -2.16. The molecule has 2 heterocycles. The molecule has 148 valence electrons. The second-order valence-corrected chi connectivity index (χ2v) is 6.12. The first-order valence-corrected chi connectivity index (χ1v) is 8.72. The number of nitrogens with two attached hydrogens (primary N) is 1. The molecule has 0 fully saturated rings. The molecule has 0 atom stereocenters. The van der Waals surface area contributed by atoms with E-state index in [0.717, 1.165) is 4.68 Å². The highest BCUT2D eigenvalue weighted by Gasteiger charge is 2.18. The van der Waals surface area contributed by atoms with Crippen molar-refractivity contribution in [1.82, 2.24) is 14.8 Å². The van der Waals surface area contributed by atoms with Crippen LogP contribution in [0.15, 0.2) is 42.5 Å². The molecule has 29 heavy (non-hydrogen) atoms. The van der Waals surface area contributed by atoms with Crippen LogP contribution in [0, 0.1) is 0 Å². The molecule has 0 spiro atoms. The molecular weight excluding hydrogens is 378 g/mol. The van der Waals surface area contributed by atoms with Crippen LogP contribution in [0.2, 0.25) is 0 Å². The normalized spacial score (nSPS) is 12.3. The molecule has 3 N–H and O–H groups in total. The summed E-state index contributed by atoms with van der Waals surface area (Å²) >= 11 is 0. The maximum Gasteiger partial charge on any atom is 0.308 e. The molecule has 1 aliphatic rings. The van der Waals surface area contributed by atoms with E-state index in [2.05, 4.69) is 15.4 Å². The van der Waals surface area contributed by atoms with Gasteiger partial charge in [0.15, 0.2) is 11.5 Å². The van der Waals surface area contributed by atoms with E-state index < -0.39 is 11.9 Å². The highest BCUT2D eigenvalue weighted by molar-refractivity contribution is 5.97. The van der Waals surface area contributed by atoms with Crippen molar-refractivity contribution in [2.45, 2.75) is 6.92 Å². The summed E-state index contributed by atoms with van der Waals surface area (Å²) < 4.78 is 17.0. The molecule has 2 aromatic carbocycles. The molecule has 0 amide bonds. The van der Waals surface area contributed by atoms with Crippen LogP contribution in [0.25, 0.3) is 0 Å². The van der Waals surface area contributed by atoms with Gasteiger partial charge < -0.3 is 25.3 Å². The van der Waals surface area contributed by atoms with Gasteiger partial charge >= 0.3 is 5.97 Å². The van der Waals surface area contributed by atoms with Gasteiger partial charge in [0.05, 0.1) is 0 Å². The Kier molecular flexibility index (Phi) is 4.73. The first kappa shape index (κ1) is 18.3. The molecular formula is C19H17N5O5. The van der Waals surface area contributed by atoms with Crippen molar-refractivity contribution >= 4 is 29.5 Å². The van der Waals surface area contributed by atoms with Crippen molar-refractivity contribution in [3.8, 4) is 17.2 Å². The third-order valence-electron chi connectivity index (χ3n) is 3.97. The van der Waals surface area contributed by atoms with Crippen LogP contribution in [0.3, 0.4) is 0 Å². The Bertz CT molecular complexity index is 1090. The predicted octanol–water partition coefficient (Wildman–Crippen LogP) is 1.99. The number of rotatable bonds is 4. The molecule has 0 saturated heterocycles. The number of ether oxygens (including phenoxy) is 3. The molecule has 0 saturated carbocycles. The summed E-state index contributed by atoms with van der Waals surface area (Å²) in [7, 11) is 0. The lowest BCUT2D eigenvalue weighted by atomic mass is 10.2. The highest BCUT2D eigenvalue weighted by Crippen LogP contribution is 2.33. The minimum Gasteiger partial charge on any atom is -0.486 e. The number of nitrogen functional groups attached to an aromatic ring is 1. The number of benzene rings is 2. The van der Waals surface area contributed by atoms with E-state index >= 15 is 0 Å². The smallest absolute Gasteiger partial charge is 0.308 e. The number of carbonyl (C=O) groups excluding carboxylic acids is 2. The first-order valence-electron chi connectivity index (χ1n) is 8.72. The minimum absolute atomic E-state index is 0.0899. The van der Waals surface area contributed by atoms with Crippen LogP contribution >= 0.6 is 0 Å². The third-order valence-corrected chi connectivity index (χ3v) is 3.97. The summed E-state index contributed by atoms with van der Waals surface area (Å²) in [6.45, 7) is 2.25. The number of hydrogen-bond acceptors (Lipinski definition) is 9. The predicted molar refractivity (Wildman–Crippen MR) is 103 cm³/mol. The minimum atomic E-state index is -0.515. The molecule has 10 heteroatoms. The average Bonchev–Trinajstić information content (AvgIpc) is 3.07. The quantitative estimate of drug-likeness (QED) is 0.503. The fourth-order valence-corrected chi connectivity index (χ4v) is 2.76. The third kappa shape index (κ3) is 3.95. The number of hydrogen-bond donors (Lipinski definition) is 2. The van der Waals surface area contributed by atoms with E-state index in [1.54, 1.807) is 36.4 Å². The Morgan fingerprint density at radius 1 is 1.14 bits per heavy atom. The van der Waals surface area contributed by atoms with E-state index in [4.69, 9.17) is 19.9 Å². The molecule has 10 nitrogen and oxygen atoms in total. The molecule has 3 aromatic rings. The van der Waals surface area contributed by atoms with Gasteiger partial charge in [-0.3, -0.25) is 9.59 Å². The highest BCUT2D eigenvalue weighted by atomic mass is 16.6. The lowest BCUT2D eigenvalue weighted by molar-refractivity contribution is -0.131. The zero-order valence-electron chi connectivity index (χ0n) is 15.4. The van der Waals surface area contributed by atoms with E-state index in [1.807, 2.05) is 0 Å². The summed E-state index contributed by atoms with van der Waals surface area (Å²) in [5.74, 6) is 0.558. The maximum atomic E-state index is 12.7. The van der Waals surface area contributed by atoms with Crippen molar-refractivity contribution in [2.24, 2.45) is 0 Å². The molecule has 0 radical (unpaired) electrons. The van der Waals surface area contributed by atoms with Gasteiger partial charge in [-0.05, 0) is 30.3 Å². The monoisotopic (exact) mass is 395 g/mol. The van der Waals surface area contributed by atoms with Gasteiger partial charge in [0, 0.05) is 24.2 Å². The number of aromatic nitrogens is 3. The topological polar surface area (TPSA) is 131 Å². The Morgan fingerprint density at radius 3 is 2.72 bits per heavy atom.